The van der Waals surface area contributed by atoms with Gasteiger partial charge in [-0.1, -0.05) is 0 Å². The van der Waals surface area contributed by atoms with Crippen molar-refractivity contribution in [3.8, 4) is 0 Å². The average Bonchev–Trinajstić information content (AvgIpc) is 2.99. The third kappa shape index (κ3) is 2.11. The van der Waals surface area contributed by atoms with E-state index in [4.69, 9.17) is 0 Å². The lowest BCUT2D eigenvalue weighted by atomic mass is 9.78. The van der Waals surface area contributed by atoms with Crippen molar-refractivity contribution in [3.63, 3.8) is 0 Å². The quantitative estimate of drug-likeness (QED) is 0.826. The number of likely N-dealkylation sites (tertiary alicyclic amines) is 1. The van der Waals surface area contributed by atoms with Crippen LogP contribution in [-0.4, -0.2) is 37.0 Å². The Hall–Kier alpha value is -0.870. The third-order valence-electron chi connectivity index (χ3n) is 4.16. The lowest BCUT2D eigenvalue weighted by Crippen LogP contribution is -2.39. The van der Waals surface area contributed by atoms with Crippen molar-refractivity contribution in [2.24, 2.45) is 5.41 Å². The first-order valence-corrected chi connectivity index (χ1v) is 7.26. The smallest absolute Gasteiger partial charge is 0.254 e. The molecular weight excluding hydrogens is 232 g/mol. The summed E-state index contributed by atoms with van der Waals surface area (Å²) in [5, 5.41) is 7.34. The molecule has 4 heteroatoms. The van der Waals surface area contributed by atoms with Gasteiger partial charge in [-0.15, -0.1) is 0 Å². The standard InChI is InChI=1S/C13H18N2OS/c16-12(11-1-8-17-9-11)15-7-4-13(10-15)2-5-14-6-3-13/h1,8-9,14H,2-7,10H2. The normalized spacial score (nSPS) is 23.2. The zero-order valence-electron chi connectivity index (χ0n) is 9.95. The van der Waals surface area contributed by atoms with E-state index in [2.05, 4.69) is 5.32 Å². The largest absolute Gasteiger partial charge is 0.338 e. The van der Waals surface area contributed by atoms with Crippen LogP contribution in [0.3, 0.4) is 0 Å². The first kappa shape index (κ1) is 11.2. The summed E-state index contributed by atoms with van der Waals surface area (Å²) >= 11 is 1.60. The molecule has 2 fully saturated rings. The number of carbonyl (C=O) groups is 1. The molecule has 1 spiro atoms. The number of piperidine rings is 1. The summed E-state index contributed by atoms with van der Waals surface area (Å²) in [6.45, 7) is 4.12. The number of hydrogen-bond acceptors (Lipinski definition) is 3. The van der Waals surface area contributed by atoms with Crippen LogP contribution in [0.1, 0.15) is 29.6 Å². The van der Waals surface area contributed by atoms with E-state index in [1.54, 1.807) is 11.3 Å². The maximum absolute atomic E-state index is 12.3. The molecule has 17 heavy (non-hydrogen) atoms. The number of hydrogen-bond donors (Lipinski definition) is 1. The Balaban J connectivity index is 1.69. The number of carbonyl (C=O) groups excluding carboxylic acids is 1. The Kier molecular flexibility index (Phi) is 2.92. The minimum atomic E-state index is 0.224. The average molecular weight is 250 g/mol. The van der Waals surface area contributed by atoms with Crippen LogP contribution in [0.25, 0.3) is 0 Å². The van der Waals surface area contributed by atoms with E-state index in [0.717, 1.165) is 31.7 Å². The minimum absolute atomic E-state index is 0.224. The SMILES string of the molecule is O=C(c1ccsc1)N1CCC2(CCNCC2)C1. The maximum Gasteiger partial charge on any atom is 0.254 e. The molecule has 1 aromatic heterocycles. The van der Waals surface area contributed by atoms with Crippen LogP contribution in [0.4, 0.5) is 0 Å². The Bertz CT molecular complexity index is 396. The molecule has 0 saturated carbocycles. The highest BCUT2D eigenvalue weighted by molar-refractivity contribution is 7.08. The zero-order chi connectivity index (χ0) is 11.7. The highest BCUT2D eigenvalue weighted by Gasteiger charge is 2.40. The van der Waals surface area contributed by atoms with Crippen molar-refractivity contribution in [2.75, 3.05) is 26.2 Å². The monoisotopic (exact) mass is 250 g/mol. The van der Waals surface area contributed by atoms with E-state index in [-0.39, 0.29) is 5.91 Å². The Labute approximate surface area is 106 Å². The van der Waals surface area contributed by atoms with Gasteiger partial charge in [0.2, 0.25) is 0 Å². The summed E-state index contributed by atoms with van der Waals surface area (Å²) in [4.78, 5) is 14.3. The minimum Gasteiger partial charge on any atom is -0.338 e. The van der Waals surface area contributed by atoms with Gasteiger partial charge in [-0.2, -0.15) is 11.3 Å². The Morgan fingerprint density at radius 2 is 2.18 bits per heavy atom. The van der Waals surface area contributed by atoms with Gasteiger partial charge in [0.05, 0.1) is 5.56 Å². The first-order valence-electron chi connectivity index (χ1n) is 6.31. The van der Waals surface area contributed by atoms with Crippen LogP contribution in [0.5, 0.6) is 0 Å². The fraction of sp³-hybridized carbons (Fsp3) is 0.615. The van der Waals surface area contributed by atoms with E-state index >= 15 is 0 Å². The molecule has 0 unspecified atom stereocenters. The van der Waals surface area contributed by atoms with Gasteiger partial charge in [0.15, 0.2) is 0 Å². The number of nitrogens with zero attached hydrogens (tertiary/aromatic N) is 1. The summed E-state index contributed by atoms with van der Waals surface area (Å²) in [5.41, 5.74) is 1.28. The summed E-state index contributed by atoms with van der Waals surface area (Å²) in [5.74, 6) is 0.224. The van der Waals surface area contributed by atoms with Crippen molar-refractivity contribution in [2.45, 2.75) is 19.3 Å². The molecule has 3 heterocycles. The van der Waals surface area contributed by atoms with E-state index < -0.39 is 0 Å². The van der Waals surface area contributed by atoms with Gasteiger partial charge in [-0.25, -0.2) is 0 Å². The van der Waals surface area contributed by atoms with Gasteiger partial charge in [-0.3, -0.25) is 4.79 Å². The van der Waals surface area contributed by atoms with Gasteiger partial charge < -0.3 is 10.2 Å². The Morgan fingerprint density at radius 1 is 1.35 bits per heavy atom. The van der Waals surface area contributed by atoms with Gasteiger partial charge in [0.1, 0.15) is 0 Å². The van der Waals surface area contributed by atoms with Crippen LogP contribution >= 0.6 is 11.3 Å². The topological polar surface area (TPSA) is 32.3 Å². The molecule has 0 aromatic carbocycles. The molecule has 0 radical (unpaired) electrons. The van der Waals surface area contributed by atoms with Crippen LogP contribution < -0.4 is 5.32 Å². The van der Waals surface area contributed by atoms with Crippen molar-refractivity contribution < 1.29 is 4.79 Å². The molecule has 2 aliphatic rings. The van der Waals surface area contributed by atoms with Crippen molar-refractivity contribution in [1.82, 2.24) is 10.2 Å². The predicted octanol–water partition coefficient (Wildman–Crippen LogP) is 1.96. The lowest BCUT2D eigenvalue weighted by Gasteiger charge is -2.33. The molecule has 1 aromatic rings. The molecule has 3 nitrogen and oxygen atoms in total. The summed E-state index contributed by atoms with van der Waals surface area (Å²) in [7, 11) is 0. The molecule has 1 N–H and O–H groups in total. The second kappa shape index (κ2) is 4.42. The fourth-order valence-electron chi connectivity index (χ4n) is 3.04. The van der Waals surface area contributed by atoms with Gasteiger partial charge in [-0.05, 0) is 49.2 Å². The molecule has 2 saturated heterocycles. The van der Waals surface area contributed by atoms with Gasteiger partial charge >= 0.3 is 0 Å². The van der Waals surface area contributed by atoms with E-state index in [9.17, 15) is 4.79 Å². The molecule has 0 bridgehead atoms. The molecule has 3 rings (SSSR count). The van der Waals surface area contributed by atoms with Crippen LogP contribution in [0, 0.1) is 5.41 Å². The van der Waals surface area contributed by atoms with Crippen molar-refractivity contribution in [1.29, 1.82) is 0 Å². The van der Waals surface area contributed by atoms with E-state index in [1.807, 2.05) is 21.7 Å². The maximum atomic E-state index is 12.3. The zero-order valence-corrected chi connectivity index (χ0v) is 10.8. The number of thiophene rings is 1. The van der Waals surface area contributed by atoms with Gasteiger partial charge in [0, 0.05) is 18.5 Å². The third-order valence-corrected chi connectivity index (χ3v) is 4.84. The number of nitrogens with one attached hydrogen (secondary N) is 1. The highest BCUT2D eigenvalue weighted by Crippen LogP contribution is 2.39. The summed E-state index contributed by atoms with van der Waals surface area (Å²) in [6.07, 6.45) is 3.63. The molecule has 2 aliphatic heterocycles. The fourth-order valence-corrected chi connectivity index (χ4v) is 3.67. The summed E-state index contributed by atoms with van der Waals surface area (Å²) in [6, 6.07) is 1.93. The molecule has 0 aliphatic carbocycles. The molecular formula is C13H18N2OS. The summed E-state index contributed by atoms with van der Waals surface area (Å²) < 4.78 is 0. The van der Waals surface area contributed by atoms with Crippen molar-refractivity contribution >= 4 is 17.2 Å². The number of rotatable bonds is 1. The first-order chi connectivity index (χ1) is 8.29. The van der Waals surface area contributed by atoms with Gasteiger partial charge in [0.25, 0.3) is 5.91 Å². The van der Waals surface area contributed by atoms with E-state index in [0.29, 0.717) is 5.41 Å². The second-order valence-corrected chi connectivity index (χ2v) is 6.02. The van der Waals surface area contributed by atoms with Crippen LogP contribution in [0.15, 0.2) is 16.8 Å². The molecule has 0 atom stereocenters. The lowest BCUT2D eigenvalue weighted by molar-refractivity contribution is 0.0762. The van der Waals surface area contributed by atoms with Crippen LogP contribution in [0.2, 0.25) is 0 Å². The van der Waals surface area contributed by atoms with Crippen molar-refractivity contribution in [3.05, 3.63) is 22.4 Å². The molecule has 92 valence electrons. The Morgan fingerprint density at radius 3 is 2.88 bits per heavy atom. The number of amides is 1. The molecule has 1 amide bonds. The van der Waals surface area contributed by atoms with E-state index in [1.165, 1.54) is 19.3 Å². The highest BCUT2D eigenvalue weighted by atomic mass is 32.1. The second-order valence-electron chi connectivity index (χ2n) is 5.24. The predicted molar refractivity (Wildman–Crippen MR) is 69.4 cm³/mol. The van der Waals surface area contributed by atoms with Crippen LogP contribution in [-0.2, 0) is 0 Å².